The topological polar surface area (TPSA) is 27.7 Å². The van der Waals surface area contributed by atoms with E-state index in [0.29, 0.717) is 5.92 Å². The van der Waals surface area contributed by atoms with Crippen molar-refractivity contribution in [1.82, 2.24) is 0 Å². The maximum atomic E-state index is 6.39. The van der Waals surface area contributed by atoms with E-state index in [4.69, 9.17) is 14.2 Å². The smallest absolute Gasteiger partial charge is 0.0925 e. The minimum absolute atomic E-state index is 0.0146. The second kappa shape index (κ2) is 7.04. The Hall–Kier alpha value is 0.930. The molecule has 0 heterocycles. The van der Waals surface area contributed by atoms with E-state index in [2.05, 4.69) is 18.8 Å². The zero-order valence-corrected chi connectivity index (χ0v) is 16.3. The summed E-state index contributed by atoms with van der Waals surface area (Å²) in [4.78, 5) is 0. The maximum absolute atomic E-state index is 6.39. The predicted molar refractivity (Wildman–Crippen MR) is 97.8 cm³/mol. The van der Waals surface area contributed by atoms with Gasteiger partial charge >= 0.3 is 0 Å². The van der Waals surface area contributed by atoms with Gasteiger partial charge in [-0.3, -0.25) is 0 Å². The Morgan fingerprint density at radius 3 is 1.27 bits per heavy atom. The molecule has 4 bridgehead atoms. The van der Waals surface area contributed by atoms with Crippen molar-refractivity contribution in [2.75, 3.05) is 36.6 Å². The summed E-state index contributed by atoms with van der Waals surface area (Å²) in [5.74, 6) is 3.04. The SMILES string of the molecule is CSCOC12CC3CC(OCSC)(C1)CC(OCSC)(C3)C2. The lowest BCUT2D eigenvalue weighted by Crippen LogP contribution is -2.68. The third-order valence-electron chi connectivity index (χ3n) is 5.36. The first-order valence-corrected chi connectivity index (χ1v) is 12.2. The fourth-order valence-corrected chi connectivity index (χ4v) is 6.32. The van der Waals surface area contributed by atoms with Crippen LogP contribution >= 0.6 is 35.3 Å². The normalized spacial score (nSPS) is 43.0. The van der Waals surface area contributed by atoms with Crippen molar-refractivity contribution < 1.29 is 14.2 Å². The largest absolute Gasteiger partial charge is 0.364 e. The first-order valence-electron chi connectivity index (χ1n) is 7.98. The highest BCUT2D eigenvalue weighted by Gasteiger charge is 2.65. The summed E-state index contributed by atoms with van der Waals surface area (Å²) in [6.45, 7) is 0. The molecular weight excluding hydrogens is 336 g/mol. The number of rotatable bonds is 9. The van der Waals surface area contributed by atoms with E-state index in [0.717, 1.165) is 37.1 Å². The van der Waals surface area contributed by atoms with Gasteiger partial charge in [-0.1, -0.05) is 0 Å². The van der Waals surface area contributed by atoms with E-state index < -0.39 is 0 Å². The molecule has 4 fully saturated rings. The number of thioether (sulfide) groups is 3. The molecule has 0 N–H and O–H groups in total. The van der Waals surface area contributed by atoms with Crippen LogP contribution in [0.3, 0.4) is 0 Å². The van der Waals surface area contributed by atoms with Gasteiger partial charge in [-0.05, 0) is 43.9 Å². The highest BCUT2D eigenvalue weighted by atomic mass is 32.2. The van der Waals surface area contributed by atoms with Gasteiger partial charge in [0.1, 0.15) is 0 Å². The molecular formula is C16H28O3S3. The molecule has 0 aromatic rings. The van der Waals surface area contributed by atoms with Gasteiger partial charge < -0.3 is 14.2 Å². The van der Waals surface area contributed by atoms with Crippen LogP contribution in [0.1, 0.15) is 38.5 Å². The Morgan fingerprint density at radius 2 is 1.00 bits per heavy atom. The molecule has 6 heteroatoms. The average molecular weight is 365 g/mol. The van der Waals surface area contributed by atoms with Gasteiger partial charge in [-0.2, -0.15) is 0 Å². The summed E-state index contributed by atoms with van der Waals surface area (Å²) in [6, 6.07) is 0. The van der Waals surface area contributed by atoms with E-state index in [1.54, 1.807) is 35.3 Å². The lowest BCUT2D eigenvalue weighted by atomic mass is 9.50. The Kier molecular flexibility index (Phi) is 5.68. The van der Waals surface area contributed by atoms with Gasteiger partial charge in [0.05, 0.1) is 34.6 Å². The summed E-state index contributed by atoms with van der Waals surface area (Å²) in [6.07, 6.45) is 13.1. The molecule has 3 nitrogen and oxygen atoms in total. The molecule has 4 rings (SSSR count). The van der Waals surface area contributed by atoms with Crippen LogP contribution in [0, 0.1) is 5.92 Å². The quantitative estimate of drug-likeness (QED) is 0.569. The predicted octanol–water partition coefficient (Wildman–Crippen LogP) is 4.21. The van der Waals surface area contributed by atoms with E-state index >= 15 is 0 Å². The molecule has 0 atom stereocenters. The highest BCUT2D eigenvalue weighted by Crippen LogP contribution is 2.63. The maximum Gasteiger partial charge on any atom is 0.0925 e. The molecule has 0 aromatic carbocycles. The van der Waals surface area contributed by atoms with Crippen molar-refractivity contribution in [2.24, 2.45) is 5.92 Å². The van der Waals surface area contributed by atoms with Crippen molar-refractivity contribution in [3.63, 3.8) is 0 Å². The summed E-state index contributed by atoms with van der Waals surface area (Å²) in [5, 5.41) is 0. The summed E-state index contributed by atoms with van der Waals surface area (Å²) in [7, 11) is 0. The van der Waals surface area contributed by atoms with Gasteiger partial charge in [-0.25, -0.2) is 0 Å². The van der Waals surface area contributed by atoms with Gasteiger partial charge in [0, 0.05) is 19.3 Å². The molecule has 0 aromatic heterocycles. The van der Waals surface area contributed by atoms with Gasteiger partial charge in [-0.15, -0.1) is 35.3 Å². The molecule has 0 radical (unpaired) electrons. The van der Waals surface area contributed by atoms with E-state index in [1.165, 1.54) is 19.3 Å². The van der Waals surface area contributed by atoms with Gasteiger partial charge in [0.25, 0.3) is 0 Å². The average Bonchev–Trinajstić information content (AvgIpc) is 2.48. The molecule has 22 heavy (non-hydrogen) atoms. The highest BCUT2D eigenvalue weighted by molar-refractivity contribution is 7.98. The van der Waals surface area contributed by atoms with Crippen molar-refractivity contribution in [3.8, 4) is 0 Å². The molecule has 4 aliphatic rings. The third kappa shape index (κ3) is 3.47. The van der Waals surface area contributed by atoms with Crippen LogP contribution < -0.4 is 0 Å². The summed E-state index contributed by atoms with van der Waals surface area (Å²) in [5.41, 5.74) is -0.0439. The van der Waals surface area contributed by atoms with Crippen molar-refractivity contribution in [1.29, 1.82) is 0 Å². The summed E-state index contributed by atoms with van der Waals surface area (Å²) >= 11 is 5.32. The fourth-order valence-electron chi connectivity index (χ4n) is 5.21. The van der Waals surface area contributed by atoms with Gasteiger partial charge in [0.2, 0.25) is 0 Å². The number of hydrogen-bond acceptors (Lipinski definition) is 6. The summed E-state index contributed by atoms with van der Waals surface area (Å²) < 4.78 is 19.2. The fraction of sp³-hybridized carbons (Fsp3) is 1.00. The van der Waals surface area contributed by atoms with Crippen LogP contribution in [0.2, 0.25) is 0 Å². The van der Waals surface area contributed by atoms with Crippen molar-refractivity contribution in [2.45, 2.75) is 55.3 Å². The molecule has 4 aliphatic carbocycles. The Labute approximate surface area is 147 Å². The Bertz CT molecular complexity index is 328. The Balaban J connectivity index is 1.82. The minimum atomic E-state index is -0.0146. The Morgan fingerprint density at radius 1 is 0.682 bits per heavy atom. The van der Waals surface area contributed by atoms with Crippen molar-refractivity contribution >= 4 is 35.3 Å². The van der Waals surface area contributed by atoms with Gasteiger partial charge in [0.15, 0.2) is 0 Å². The molecule has 128 valence electrons. The molecule has 0 aliphatic heterocycles. The van der Waals surface area contributed by atoms with Crippen LogP contribution in [0.5, 0.6) is 0 Å². The zero-order valence-electron chi connectivity index (χ0n) is 13.9. The van der Waals surface area contributed by atoms with Crippen molar-refractivity contribution in [3.05, 3.63) is 0 Å². The van der Waals surface area contributed by atoms with Crippen LogP contribution in [-0.4, -0.2) is 53.4 Å². The van der Waals surface area contributed by atoms with Crippen LogP contribution in [0.15, 0.2) is 0 Å². The molecule has 0 unspecified atom stereocenters. The lowest BCUT2D eigenvalue weighted by Gasteiger charge is -2.65. The first-order chi connectivity index (χ1) is 10.6. The number of hydrogen-bond donors (Lipinski definition) is 0. The second-order valence-electron chi connectivity index (χ2n) is 7.21. The minimum Gasteiger partial charge on any atom is -0.364 e. The van der Waals surface area contributed by atoms with Crippen LogP contribution in [0.25, 0.3) is 0 Å². The molecule has 0 spiro atoms. The van der Waals surface area contributed by atoms with Crippen LogP contribution in [-0.2, 0) is 14.2 Å². The number of ether oxygens (including phenoxy) is 3. The molecule has 4 saturated carbocycles. The first kappa shape index (κ1) is 17.7. The van der Waals surface area contributed by atoms with E-state index in [9.17, 15) is 0 Å². The molecule has 0 saturated heterocycles. The zero-order chi connectivity index (χ0) is 15.7. The third-order valence-corrected chi connectivity index (χ3v) is 6.42. The van der Waals surface area contributed by atoms with E-state index in [-0.39, 0.29) is 16.8 Å². The second-order valence-corrected chi connectivity index (χ2v) is 9.65. The van der Waals surface area contributed by atoms with Crippen LogP contribution in [0.4, 0.5) is 0 Å². The lowest BCUT2D eigenvalue weighted by molar-refractivity contribution is -0.279. The standard InChI is InChI=1S/C16H28O3S3/c1-20-10-17-14-4-13-5-15(7-14,18-11-21-2)9-16(6-13,8-14)19-12-22-3/h13H,4-12H2,1-3H3. The monoisotopic (exact) mass is 364 g/mol. The molecule has 0 amide bonds. The van der Waals surface area contributed by atoms with E-state index in [1.807, 2.05) is 0 Å².